The van der Waals surface area contributed by atoms with Crippen molar-refractivity contribution in [2.75, 3.05) is 13.2 Å². The molecule has 0 unspecified atom stereocenters. The summed E-state index contributed by atoms with van der Waals surface area (Å²) in [4.78, 5) is 0. The fraction of sp³-hybridized carbons (Fsp3) is 1.00. The number of rotatable bonds is 4. The van der Waals surface area contributed by atoms with E-state index in [1.807, 2.05) is 0 Å². The summed E-state index contributed by atoms with van der Waals surface area (Å²) in [6.07, 6.45) is 1.71. The van der Waals surface area contributed by atoms with Gasteiger partial charge in [0.25, 0.3) is 0 Å². The smallest absolute Gasteiger partial charge is 0.137 e. The van der Waals surface area contributed by atoms with Crippen molar-refractivity contribution in [1.82, 2.24) is 0 Å². The Morgan fingerprint density at radius 2 is 1.00 bits per heavy atom. The average molecular weight is 576 g/mol. The molecule has 7 heteroatoms. The third-order valence-electron chi connectivity index (χ3n) is 1.06. The molecule has 0 aromatic carbocycles. The van der Waals surface area contributed by atoms with Crippen LogP contribution in [0.3, 0.4) is 0 Å². The summed E-state index contributed by atoms with van der Waals surface area (Å²) in [5, 5.41) is 0. The van der Waals surface area contributed by atoms with Crippen LogP contribution in [0.2, 0.25) is 0 Å². The summed E-state index contributed by atoms with van der Waals surface area (Å²) >= 11 is 20.4. The average Bonchev–Trinajstić information content (AvgIpc) is 1.81. The Balaban J connectivity index is 3.28. The Bertz CT molecular complexity index is 121. The van der Waals surface area contributed by atoms with E-state index in [1.54, 1.807) is 0 Å². The molecule has 0 heterocycles. The SMILES string of the molecule is BrC(Br)(Br)CCOCCC(Br)(Br)Br. The second-order valence-electron chi connectivity index (χ2n) is 2.34. The van der Waals surface area contributed by atoms with Crippen LogP contribution in [0.1, 0.15) is 12.8 Å². The molecule has 0 aliphatic heterocycles. The van der Waals surface area contributed by atoms with Gasteiger partial charge in [0, 0.05) is 26.1 Å². The maximum Gasteiger partial charge on any atom is 0.137 e. The van der Waals surface area contributed by atoms with Gasteiger partial charge < -0.3 is 4.74 Å². The van der Waals surface area contributed by atoms with Gasteiger partial charge in [-0.3, -0.25) is 0 Å². The first-order valence-electron chi connectivity index (χ1n) is 3.42. The van der Waals surface area contributed by atoms with Crippen LogP contribution in [0.4, 0.5) is 0 Å². The minimum Gasteiger partial charge on any atom is -0.381 e. The van der Waals surface area contributed by atoms with Gasteiger partial charge in [-0.05, 0) is 0 Å². The topological polar surface area (TPSA) is 9.23 Å². The van der Waals surface area contributed by atoms with Crippen molar-refractivity contribution < 1.29 is 4.74 Å². The van der Waals surface area contributed by atoms with Crippen LogP contribution in [-0.4, -0.2) is 17.5 Å². The van der Waals surface area contributed by atoms with Gasteiger partial charge in [0.1, 0.15) is 4.29 Å². The zero-order valence-electron chi connectivity index (χ0n) is 6.50. The quantitative estimate of drug-likeness (QED) is 0.320. The second-order valence-corrected chi connectivity index (χ2v) is 16.8. The molecule has 0 saturated carbocycles. The molecule has 0 aromatic heterocycles. The minimum atomic E-state index is -0.193. The first-order chi connectivity index (χ1) is 5.71. The number of halogens is 6. The fourth-order valence-electron chi connectivity index (χ4n) is 0.478. The van der Waals surface area contributed by atoms with Crippen molar-refractivity contribution in [3.8, 4) is 0 Å². The molecule has 0 atom stereocenters. The molecule has 0 bridgehead atoms. The second kappa shape index (κ2) is 7.22. The monoisotopic (exact) mass is 570 g/mol. The summed E-state index contributed by atoms with van der Waals surface area (Å²) in [5.41, 5.74) is 0. The number of alkyl halides is 6. The zero-order chi connectivity index (χ0) is 10.5. The van der Waals surface area contributed by atoms with Gasteiger partial charge in [-0.25, -0.2) is 0 Å². The van der Waals surface area contributed by atoms with Crippen LogP contribution in [0, 0.1) is 0 Å². The van der Waals surface area contributed by atoms with Gasteiger partial charge in [0.15, 0.2) is 0 Å². The zero-order valence-corrected chi connectivity index (χ0v) is 16.0. The van der Waals surface area contributed by atoms with E-state index >= 15 is 0 Å². The predicted octanol–water partition coefficient (Wildman–Crippen LogP) is 5.46. The summed E-state index contributed by atoms with van der Waals surface area (Å²) in [6.45, 7) is 1.40. The normalized spacial score (nSPS) is 13.4. The van der Waals surface area contributed by atoms with Crippen LogP contribution >= 0.6 is 95.6 Å². The molecular formula is C6H8Br6O. The minimum absolute atomic E-state index is 0.193. The van der Waals surface area contributed by atoms with E-state index in [4.69, 9.17) is 4.74 Å². The highest BCUT2D eigenvalue weighted by Crippen LogP contribution is 2.38. The first kappa shape index (κ1) is 15.8. The molecule has 80 valence electrons. The van der Waals surface area contributed by atoms with E-state index in [1.165, 1.54) is 0 Å². The highest BCUT2D eigenvalue weighted by Gasteiger charge is 2.19. The molecule has 0 aromatic rings. The van der Waals surface area contributed by atoms with Crippen LogP contribution in [0.25, 0.3) is 0 Å². The van der Waals surface area contributed by atoms with Crippen molar-refractivity contribution >= 4 is 95.6 Å². The summed E-state index contributed by atoms with van der Waals surface area (Å²) in [5.74, 6) is 0. The van der Waals surface area contributed by atoms with Crippen LogP contribution < -0.4 is 0 Å². The molecule has 1 nitrogen and oxygen atoms in total. The molecule has 0 aliphatic carbocycles. The van der Waals surface area contributed by atoms with Gasteiger partial charge in [-0.1, -0.05) is 95.6 Å². The standard InChI is InChI=1S/C6H8Br6O/c7-5(8,9)1-3-13-4-2-6(10,11)12/h1-4H2. The van der Waals surface area contributed by atoms with Crippen LogP contribution in [0.5, 0.6) is 0 Å². The van der Waals surface area contributed by atoms with Crippen molar-refractivity contribution in [3.63, 3.8) is 0 Å². The Kier molecular flexibility index (Phi) is 8.80. The largest absolute Gasteiger partial charge is 0.381 e. The van der Waals surface area contributed by atoms with Crippen LogP contribution in [-0.2, 0) is 4.74 Å². The Hall–Kier alpha value is 2.84. The molecule has 0 saturated heterocycles. The lowest BCUT2D eigenvalue weighted by Gasteiger charge is -2.14. The molecule has 0 N–H and O–H groups in total. The lowest BCUT2D eigenvalue weighted by molar-refractivity contribution is 0.134. The molecule has 0 fully saturated rings. The molecule has 0 radical (unpaired) electrons. The van der Waals surface area contributed by atoms with Crippen molar-refractivity contribution in [1.29, 1.82) is 0 Å². The lowest BCUT2D eigenvalue weighted by Crippen LogP contribution is -2.10. The van der Waals surface area contributed by atoms with E-state index < -0.39 is 0 Å². The van der Waals surface area contributed by atoms with Gasteiger partial charge in [0.05, 0.1) is 0 Å². The van der Waals surface area contributed by atoms with Crippen molar-refractivity contribution in [2.45, 2.75) is 17.1 Å². The van der Waals surface area contributed by atoms with Gasteiger partial charge in [-0.2, -0.15) is 0 Å². The Morgan fingerprint density at radius 1 is 0.692 bits per heavy atom. The molecule has 0 aliphatic rings. The van der Waals surface area contributed by atoms with Gasteiger partial charge in [0.2, 0.25) is 0 Å². The van der Waals surface area contributed by atoms with E-state index in [0.717, 1.165) is 12.8 Å². The third kappa shape index (κ3) is 14.8. The van der Waals surface area contributed by atoms with Gasteiger partial charge >= 0.3 is 0 Å². The van der Waals surface area contributed by atoms with E-state index in [-0.39, 0.29) is 4.29 Å². The maximum atomic E-state index is 5.41. The summed E-state index contributed by atoms with van der Waals surface area (Å²) in [6, 6.07) is 0. The molecule has 13 heavy (non-hydrogen) atoms. The van der Waals surface area contributed by atoms with E-state index in [2.05, 4.69) is 95.6 Å². The van der Waals surface area contributed by atoms with Gasteiger partial charge in [-0.15, -0.1) is 0 Å². The van der Waals surface area contributed by atoms with Crippen molar-refractivity contribution in [3.05, 3.63) is 0 Å². The molecule has 0 rings (SSSR count). The Labute approximate surface area is 129 Å². The molecule has 0 amide bonds. The number of ether oxygens (including phenoxy) is 1. The number of hydrogen-bond donors (Lipinski definition) is 0. The first-order valence-corrected chi connectivity index (χ1v) is 8.18. The third-order valence-corrected chi connectivity index (χ3v) is 3.44. The fourth-order valence-corrected chi connectivity index (χ4v) is 1.45. The highest BCUT2D eigenvalue weighted by atomic mass is 80.0. The highest BCUT2D eigenvalue weighted by molar-refractivity contribution is 9.39. The maximum absolute atomic E-state index is 5.41. The van der Waals surface area contributed by atoms with E-state index in [9.17, 15) is 0 Å². The lowest BCUT2D eigenvalue weighted by atomic mass is 10.5. The van der Waals surface area contributed by atoms with Crippen molar-refractivity contribution in [2.24, 2.45) is 0 Å². The molecule has 0 spiro atoms. The Morgan fingerprint density at radius 3 is 1.23 bits per heavy atom. The van der Waals surface area contributed by atoms with E-state index in [0.29, 0.717) is 13.2 Å². The predicted molar refractivity (Wildman–Crippen MR) is 79.1 cm³/mol. The van der Waals surface area contributed by atoms with Crippen LogP contribution in [0.15, 0.2) is 0 Å². The number of hydrogen-bond acceptors (Lipinski definition) is 1. The molecular weight excluding hydrogens is 567 g/mol. The summed E-state index contributed by atoms with van der Waals surface area (Å²) < 4.78 is 5.02. The summed E-state index contributed by atoms with van der Waals surface area (Å²) in [7, 11) is 0.